The number of nitrogens with zero attached hydrogens (tertiary/aromatic N) is 1. The zero-order valence-corrected chi connectivity index (χ0v) is 9.75. The minimum absolute atomic E-state index is 0.0941. The Labute approximate surface area is 106 Å². The van der Waals surface area contributed by atoms with E-state index >= 15 is 0 Å². The van der Waals surface area contributed by atoms with Gasteiger partial charge in [0.25, 0.3) is 0 Å². The fourth-order valence-corrected chi connectivity index (χ4v) is 1.25. The summed E-state index contributed by atoms with van der Waals surface area (Å²) in [5.41, 5.74) is 5.52. The molecule has 0 radical (unpaired) electrons. The number of halogens is 4. The molecule has 0 heterocycles. The highest BCUT2D eigenvalue weighted by Crippen LogP contribution is 2.19. The van der Waals surface area contributed by atoms with Crippen molar-refractivity contribution in [3.8, 4) is 0 Å². The van der Waals surface area contributed by atoms with E-state index in [-0.39, 0.29) is 23.6 Å². The molecule has 0 fully saturated rings. The summed E-state index contributed by atoms with van der Waals surface area (Å²) in [7, 11) is 0. The average molecular weight is 280 g/mol. The maximum absolute atomic E-state index is 13.5. The van der Waals surface area contributed by atoms with Gasteiger partial charge < -0.3 is 15.7 Å². The third kappa shape index (κ3) is 5.12. The predicted octanol–water partition coefficient (Wildman–Crippen LogP) is 2.39. The largest absolute Gasteiger partial charge is 0.409 e. The Bertz CT molecular complexity index is 460. The monoisotopic (exact) mass is 280 g/mol. The fourth-order valence-electron chi connectivity index (χ4n) is 1.25. The molecule has 0 aliphatic heterocycles. The van der Waals surface area contributed by atoms with Gasteiger partial charge in [0.1, 0.15) is 5.82 Å². The first-order chi connectivity index (χ1) is 8.83. The van der Waals surface area contributed by atoms with Crippen molar-refractivity contribution in [3.05, 3.63) is 35.1 Å². The van der Waals surface area contributed by atoms with Gasteiger partial charge in [0.15, 0.2) is 5.84 Å². The Balaban J connectivity index is 2.56. The van der Waals surface area contributed by atoms with E-state index in [0.717, 1.165) is 6.07 Å². The molecule has 0 saturated heterocycles. The molecule has 0 spiro atoms. The Morgan fingerprint density at radius 3 is 2.58 bits per heavy atom. The number of hydrogen-bond donors (Lipinski definition) is 2. The number of hydrogen-bond acceptors (Lipinski definition) is 3. The molecule has 19 heavy (non-hydrogen) atoms. The number of amidine groups is 1. The number of oxime groups is 1. The van der Waals surface area contributed by atoms with Crippen LogP contribution in [-0.2, 0) is 11.3 Å². The first-order valence-corrected chi connectivity index (χ1v) is 5.24. The molecule has 0 saturated carbocycles. The molecule has 8 heteroatoms. The van der Waals surface area contributed by atoms with Crippen LogP contribution in [0.25, 0.3) is 0 Å². The maximum atomic E-state index is 13.5. The van der Waals surface area contributed by atoms with E-state index in [9.17, 15) is 17.6 Å². The molecular formula is C11H12F4N2O2. The number of nitrogens with two attached hydrogens (primary N) is 1. The first kappa shape index (κ1) is 15.2. The summed E-state index contributed by atoms with van der Waals surface area (Å²) in [6.07, 6.45) is -5.38. The topological polar surface area (TPSA) is 67.8 Å². The lowest BCUT2D eigenvalue weighted by Gasteiger charge is -2.08. The number of alkyl halides is 3. The van der Waals surface area contributed by atoms with Crippen molar-refractivity contribution in [3.63, 3.8) is 0 Å². The molecular weight excluding hydrogens is 268 g/mol. The molecule has 0 atom stereocenters. The van der Waals surface area contributed by atoms with E-state index in [1.807, 2.05) is 0 Å². The van der Waals surface area contributed by atoms with E-state index in [1.54, 1.807) is 0 Å². The summed E-state index contributed by atoms with van der Waals surface area (Å²) in [5.74, 6) is -0.959. The molecule has 0 aliphatic rings. The van der Waals surface area contributed by atoms with Crippen LogP contribution in [0.2, 0.25) is 0 Å². The number of rotatable bonds is 5. The van der Waals surface area contributed by atoms with Crippen LogP contribution in [0, 0.1) is 5.82 Å². The van der Waals surface area contributed by atoms with Gasteiger partial charge in [-0.3, -0.25) is 0 Å². The third-order valence-corrected chi connectivity index (χ3v) is 2.24. The molecule has 0 amide bonds. The Kier molecular flexibility index (Phi) is 5.11. The van der Waals surface area contributed by atoms with E-state index in [1.165, 1.54) is 12.1 Å². The Morgan fingerprint density at radius 1 is 1.37 bits per heavy atom. The predicted molar refractivity (Wildman–Crippen MR) is 59.2 cm³/mol. The lowest BCUT2D eigenvalue weighted by atomic mass is 10.1. The standard InChI is InChI=1S/C11H12F4N2O2/c12-9-5-7(10(16)17-18)1-2-8(9)6-19-4-3-11(13,14)15/h1-2,5,18H,3-4,6H2,(H2,16,17). The zero-order chi connectivity index (χ0) is 14.5. The van der Waals surface area contributed by atoms with Crippen LogP contribution in [0.4, 0.5) is 17.6 Å². The van der Waals surface area contributed by atoms with Crippen molar-refractivity contribution in [1.29, 1.82) is 0 Å². The number of benzene rings is 1. The van der Waals surface area contributed by atoms with Crippen LogP contribution in [0.5, 0.6) is 0 Å². The van der Waals surface area contributed by atoms with E-state index in [4.69, 9.17) is 15.7 Å². The van der Waals surface area contributed by atoms with Crippen molar-refractivity contribution >= 4 is 5.84 Å². The molecule has 0 aromatic heterocycles. The van der Waals surface area contributed by atoms with Crippen molar-refractivity contribution in [2.75, 3.05) is 6.61 Å². The van der Waals surface area contributed by atoms with Gasteiger partial charge in [0, 0.05) is 11.1 Å². The van der Waals surface area contributed by atoms with Gasteiger partial charge in [-0.2, -0.15) is 13.2 Å². The quantitative estimate of drug-likeness (QED) is 0.217. The molecule has 0 unspecified atom stereocenters. The van der Waals surface area contributed by atoms with Crippen LogP contribution in [0.3, 0.4) is 0 Å². The summed E-state index contributed by atoms with van der Waals surface area (Å²) in [5, 5.41) is 11.1. The van der Waals surface area contributed by atoms with Crippen LogP contribution in [0.15, 0.2) is 23.4 Å². The van der Waals surface area contributed by atoms with Crippen LogP contribution < -0.4 is 5.73 Å². The van der Waals surface area contributed by atoms with Gasteiger partial charge in [-0.15, -0.1) is 0 Å². The molecule has 3 N–H and O–H groups in total. The van der Waals surface area contributed by atoms with Crippen molar-refractivity contribution in [1.82, 2.24) is 0 Å². The molecule has 1 aromatic rings. The Hall–Kier alpha value is -1.83. The van der Waals surface area contributed by atoms with Gasteiger partial charge >= 0.3 is 6.18 Å². The molecule has 1 aromatic carbocycles. The van der Waals surface area contributed by atoms with Crippen molar-refractivity contribution < 1.29 is 27.5 Å². The highest BCUT2D eigenvalue weighted by atomic mass is 19.4. The highest BCUT2D eigenvalue weighted by molar-refractivity contribution is 5.97. The first-order valence-electron chi connectivity index (χ1n) is 5.24. The molecule has 0 bridgehead atoms. The summed E-state index contributed by atoms with van der Waals surface area (Å²) in [4.78, 5) is 0. The molecule has 1 rings (SSSR count). The van der Waals surface area contributed by atoms with Gasteiger partial charge in [0.05, 0.1) is 19.6 Å². The summed E-state index contributed by atoms with van der Waals surface area (Å²) < 4.78 is 53.8. The van der Waals surface area contributed by atoms with E-state index < -0.39 is 25.0 Å². The van der Waals surface area contributed by atoms with Crippen molar-refractivity contribution in [2.24, 2.45) is 10.9 Å². The lowest BCUT2D eigenvalue weighted by molar-refractivity contribution is -0.146. The highest BCUT2D eigenvalue weighted by Gasteiger charge is 2.26. The van der Waals surface area contributed by atoms with Crippen LogP contribution in [0.1, 0.15) is 17.5 Å². The van der Waals surface area contributed by atoms with Gasteiger partial charge in [-0.25, -0.2) is 4.39 Å². The zero-order valence-electron chi connectivity index (χ0n) is 9.75. The van der Waals surface area contributed by atoms with E-state index in [0.29, 0.717) is 0 Å². The van der Waals surface area contributed by atoms with Crippen LogP contribution in [-0.4, -0.2) is 23.8 Å². The second-order valence-corrected chi connectivity index (χ2v) is 3.71. The fraction of sp³-hybridized carbons (Fsp3) is 0.364. The van der Waals surface area contributed by atoms with Crippen molar-refractivity contribution in [2.45, 2.75) is 19.2 Å². The minimum atomic E-state index is -4.30. The Morgan fingerprint density at radius 2 is 2.05 bits per heavy atom. The normalized spacial score (nSPS) is 12.7. The second kappa shape index (κ2) is 6.37. The maximum Gasteiger partial charge on any atom is 0.391 e. The van der Waals surface area contributed by atoms with Gasteiger partial charge in [-0.1, -0.05) is 17.3 Å². The van der Waals surface area contributed by atoms with Crippen LogP contribution >= 0.6 is 0 Å². The third-order valence-electron chi connectivity index (χ3n) is 2.24. The molecule has 106 valence electrons. The lowest BCUT2D eigenvalue weighted by Crippen LogP contribution is -2.14. The second-order valence-electron chi connectivity index (χ2n) is 3.71. The average Bonchev–Trinajstić information content (AvgIpc) is 2.33. The summed E-state index contributed by atoms with van der Waals surface area (Å²) >= 11 is 0. The SMILES string of the molecule is N/C(=N/O)c1ccc(COCCC(F)(F)F)c(F)c1. The number of ether oxygens (including phenoxy) is 1. The van der Waals surface area contributed by atoms with Gasteiger partial charge in [-0.05, 0) is 6.07 Å². The molecule has 0 aliphatic carbocycles. The van der Waals surface area contributed by atoms with E-state index in [2.05, 4.69) is 5.16 Å². The molecule has 4 nitrogen and oxygen atoms in total. The van der Waals surface area contributed by atoms with Gasteiger partial charge in [0.2, 0.25) is 0 Å². The summed E-state index contributed by atoms with van der Waals surface area (Å²) in [6, 6.07) is 3.69. The summed E-state index contributed by atoms with van der Waals surface area (Å²) in [6.45, 7) is -0.816. The smallest absolute Gasteiger partial charge is 0.391 e. The minimum Gasteiger partial charge on any atom is -0.409 e.